The minimum absolute atomic E-state index is 0.00256. The summed E-state index contributed by atoms with van der Waals surface area (Å²) < 4.78 is 0. The lowest BCUT2D eigenvalue weighted by molar-refractivity contribution is -0.680. The summed E-state index contributed by atoms with van der Waals surface area (Å²) in [4.78, 5) is 23.4. The number of nitrogens with two attached hydrogens (primary N) is 1. The molecule has 0 radical (unpaired) electrons. The first-order valence-electron chi connectivity index (χ1n) is 8.39. The number of amides is 1. The van der Waals surface area contributed by atoms with Crippen molar-refractivity contribution >= 4 is 17.4 Å². The van der Waals surface area contributed by atoms with Crippen LogP contribution in [0.1, 0.15) is 62.2 Å². The Morgan fingerprint density at radius 3 is 2.50 bits per heavy atom. The molecule has 1 aromatic carbocycles. The second-order valence-electron chi connectivity index (χ2n) is 6.23. The molecule has 0 atom stereocenters. The van der Waals surface area contributed by atoms with E-state index in [0.717, 1.165) is 0 Å². The summed E-state index contributed by atoms with van der Waals surface area (Å²) in [6.07, 6.45) is 9.01. The van der Waals surface area contributed by atoms with Gasteiger partial charge in [-0.15, -0.1) is 0 Å². The Morgan fingerprint density at radius 2 is 1.82 bits per heavy atom. The number of carbonyl (C=O) groups excluding carboxylic acids is 2. The van der Waals surface area contributed by atoms with E-state index >= 15 is 0 Å². The first-order chi connectivity index (χ1) is 10.6. The third-order valence-electron chi connectivity index (χ3n) is 4.34. The van der Waals surface area contributed by atoms with E-state index < -0.39 is 0 Å². The van der Waals surface area contributed by atoms with Crippen LogP contribution >= 0.6 is 0 Å². The van der Waals surface area contributed by atoms with E-state index in [2.05, 4.69) is 10.6 Å². The molecule has 0 aromatic heterocycles. The van der Waals surface area contributed by atoms with Crippen molar-refractivity contribution in [3.63, 3.8) is 0 Å². The van der Waals surface area contributed by atoms with Crippen molar-refractivity contribution in [1.29, 1.82) is 0 Å². The molecule has 22 heavy (non-hydrogen) atoms. The van der Waals surface area contributed by atoms with Gasteiger partial charge in [-0.05, 0) is 44.7 Å². The Morgan fingerprint density at radius 1 is 1.14 bits per heavy atom. The molecule has 1 aromatic rings. The highest BCUT2D eigenvalue weighted by molar-refractivity contribution is 5.97. The molecule has 0 saturated heterocycles. The zero-order valence-corrected chi connectivity index (χ0v) is 13.4. The minimum Gasteiger partial charge on any atom is -0.336 e. The summed E-state index contributed by atoms with van der Waals surface area (Å²) in [5.41, 5.74) is 1.32. The van der Waals surface area contributed by atoms with Crippen LogP contribution in [0.15, 0.2) is 24.3 Å². The third-order valence-corrected chi connectivity index (χ3v) is 4.34. The number of rotatable bonds is 5. The van der Waals surface area contributed by atoms with Gasteiger partial charge in [-0.25, -0.2) is 0 Å². The van der Waals surface area contributed by atoms with Crippen LogP contribution in [0.25, 0.3) is 0 Å². The van der Waals surface area contributed by atoms with Gasteiger partial charge in [0.25, 0.3) is 5.91 Å². The van der Waals surface area contributed by atoms with Crippen LogP contribution in [0.3, 0.4) is 0 Å². The van der Waals surface area contributed by atoms with Gasteiger partial charge in [-0.3, -0.25) is 9.59 Å². The Hall–Kier alpha value is -1.68. The molecule has 3 N–H and O–H groups in total. The number of hydrogen-bond acceptors (Lipinski definition) is 2. The van der Waals surface area contributed by atoms with Gasteiger partial charge in [0.2, 0.25) is 0 Å². The second-order valence-corrected chi connectivity index (χ2v) is 6.23. The van der Waals surface area contributed by atoms with Gasteiger partial charge < -0.3 is 10.6 Å². The maximum absolute atomic E-state index is 12.1. The predicted octanol–water partition coefficient (Wildman–Crippen LogP) is 2.50. The van der Waals surface area contributed by atoms with E-state index in [0.29, 0.717) is 23.8 Å². The first kappa shape index (κ1) is 16.7. The Bertz CT molecular complexity index is 506. The lowest BCUT2D eigenvalue weighted by Gasteiger charge is -2.18. The van der Waals surface area contributed by atoms with Crippen LogP contribution in [0.5, 0.6) is 0 Å². The summed E-state index contributed by atoms with van der Waals surface area (Å²) in [6.45, 7) is 1.98. The smallest absolute Gasteiger partial charge is 0.279 e. The van der Waals surface area contributed by atoms with Gasteiger partial charge >= 0.3 is 0 Å². The summed E-state index contributed by atoms with van der Waals surface area (Å²) in [5, 5.41) is 5.06. The van der Waals surface area contributed by atoms with Crippen molar-refractivity contribution in [3.8, 4) is 0 Å². The number of carbonyl (C=O) groups is 2. The van der Waals surface area contributed by atoms with Crippen molar-refractivity contribution in [1.82, 2.24) is 0 Å². The molecule has 1 fully saturated rings. The lowest BCUT2D eigenvalue weighted by atomic mass is 9.97. The quantitative estimate of drug-likeness (QED) is 0.821. The zero-order valence-electron chi connectivity index (χ0n) is 13.4. The molecular formula is C18H27N2O2+. The van der Waals surface area contributed by atoms with Crippen molar-refractivity contribution in [2.24, 2.45) is 0 Å². The summed E-state index contributed by atoms with van der Waals surface area (Å²) in [7, 11) is 0. The maximum Gasteiger partial charge on any atom is 0.279 e. The van der Waals surface area contributed by atoms with Crippen molar-refractivity contribution in [2.75, 3.05) is 11.9 Å². The second kappa shape index (κ2) is 8.69. The van der Waals surface area contributed by atoms with Gasteiger partial charge in [0.1, 0.15) is 0 Å². The number of anilines is 1. The van der Waals surface area contributed by atoms with E-state index in [4.69, 9.17) is 0 Å². The van der Waals surface area contributed by atoms with E-state index in [1.165, 1.54) is 51.9 Å². The van der Waals surface area contributed by atoms with Crippen LogP contribution < -0.4 is 10.6 Å². The van der Waals surface area contributed by atoms with Crippen LogP contribution in [-0.2, 0) is 4.79 Å². The number of ketones is 1. The predicted molar refractivity (Wildman–Crippen MR) is 88.0 cm³/mol. The molecule has 0 spiro atoms. The van der Waals surface area contributed by atoms with Gasteiger partial charge in [-0.1, -0.05) is 31.4 Å². The molecule has 1 saturated carbocycles. The molecule has 4 nitrogen and oxygen atoms in total. The van der Waals surface area contributed by atoms with Gasteiger partial charge in [-0.2, -0.15) is 0 Å². The standard InChI is InChI=1S/C18H26N2O2/c1-14(21)15-8-7-11-17(12-15)20-18(22)13-19-16-9-5-3-2-4-6-10-16/h7-8,11-12,16,19H,2-6,9-10,13H2,1H3,(H,20,22)/p+1. The average molecular weight is 303 g/mol. The summed E-state index contributed by atoms with van der Waals surface area (Å²) in [6, 6.07) is 7.69. The molecule has 4 heteroatoms. The van der Waals surface area contributed by atoms with E-state index in [1.54, 1.807) is 18.2 Å². The summed E-state index contributed by atoms with van der Waals surface area (Å²) >= 11 is 0. The molecule has 120 valence electrons. The SMILES string of the molecule is CC(=O)c1cccc(NC(=O)C[NH2+]C2CCCCCCC2)c1. The maximum atomic E-state index is 12.1. The Balaban J connectivity index is 1.79. The number of quaternary nitrogens is 1. The third kappa shape index (κ3) is 5.60. The fourth-order valence-corrected chi connectivity index (χ4v) is 3.03. The van der Waals surface area contributed by atoms with Gasteiger partial charge in [0.05, 0.1) is 6.04 Å². The number of nitrogens with one attached hydrogen (secondary N) is 1. The van der Waals surface area contributed by atoms with Crippen molar-refractivity contribution in [3.05, 3.63) is 29.8 Å². The van der Waals surface area contributed by atoms with Crippen molar-refractivity contribution in [2.45, 2.75) is 57.9 Å². The number of Topliss-reactive ketones (excluding diaryl/α,β-unsaturated/α-hetero) is 1. The fraction of sp³-hybridized carbons (Fsp3) is 0.556. The van der Waals surface area contributed by atoms with E-state index in [1.807, 2.05) is 6.07 Å². The topological polar surface area (TPSA) is 62.8 Å². The van der Waals surface area contributed by atoms with Gasteiger partial charge in [0.15, 0.2) is 12.3 Å². The highest BCUT2D eigenvalue weighted by Crippen LogP contribution is 2.15. The lowest BCUT2D eigenvalue weighted by Crippen LogP contribution is -2.91. The van der Waals surface area contributed by atoms with Crippen molar-refractivity contribution < 1.29 is 14.9 Å². The Kier molecular flexibility index (Phi) is 6.59. The van der Waals surface area contributed by atoms with E-state index in [-0.39, 0.29) is 11.7 Å². The Labute approximate surface area is 132 Å². The molecule has 1 amide bonds. The van der Waals surface area contributed by atoms with Crippen LogP contribution in [-0.4, -0.2) is 24.3 Å². The first-order valence-corrected chi connectivity index (χ1v) is 8.39. The zero-order chi connectivity index (χ0) is 15.8. The molecule has 1 aliphatic rings. The highest BCUT2D eigenvalue weighted by atomic mass is 16.2. The van der Waals surface area contributed by atoms with Crippen LogP contribution in [0.2, 0.25) is 0 Å². The molecule has 2 rings (SSSR count). The van der Waals surface area contributed by atoms with Crippen LogP contribution in [0.4, 0.5) is 5.69 Å². The highest BCUT2D eigenvalue weighted by Gasteiger charge is 2.15. The molecule has 0 heterocycles. The fourth-order valence-electron chi connectivity index (χ4n) is 3.03. The number of hydrogen-bond donors (Lipinski definition) is 2. The molecular weight excluding hydrogens is 276 g/mol. The molecule has 0 aliphatic heterocycles. The molecule has 0 bridgehead atoms. The average Bonchev–Trinajstić information content (AvgIpc) is 2.46. The number of benzene rings is 1. The van der Waals surface area contributed by atoms with Gasteiger partial charge in [0, 0.05) is 11.3 Å². The van der Waals surface area contributed by atoms with E-state index in [9.17, 15) is 9.59 Å². The molecule has 0 unspecified atom stereocenters. The van der Waals surface area contributed by atoms with Crippen LogP contribution in [0, 0.1) is 0 Å². The molecule has 1 aliphatic carbocycles. The monoisotopic (exact) mass is 303 g/mol. The minimum atomic E-state index is 0.00256. The largest absolute Gasteiger partial charge is 0.336 e. The normalized spacial score (nSPS) is 16.6. The summed E-state index contributed by atoms with van der Waals surface area (Å²) in [5.74, 6) is 0.0138.